The molecule has 0 aromatic heterocycles. The lowest BCUT2D eigenvalue weighted by Gasteiger charge is -1.94. The molecule has 1 amide bonds. The van der Waals surface area contributed by atoms with Crippen LogP contribution in [-0.2, 0) is 4.79 Å². The molecule has 8 heavy (non-hydrogen) atoms. The van der Waals surface area contributed by atoms with E-state index in [0.29, 0.717) is 0 Å². The molecule has 46 valence electrons. The van der Waals surface area contributed by atoms with E-state index in [9.17, 15) is 13.6 Å². The van der Waals surface area contributed by atoms with Crippen molar-refractivity contribution in [2.24, 2.45) is 5.73 Å². The predicted octanol–water partition coefficient (Wildman–Crippen LogP) is 0.293. The third-order valence-corrected chi connectivity index (χ3v) is 0.580. The Morgan fingerprint density at radius 2 is 2.00 bits per heavy atom. The van der Waals surface area contributed by atoms with Crippen LogP contribution in [0.5, 0.6) is 0 Å². The number of carbonyl (C=O) groups is 1. The van der Waals surface area contributed by atoms with Crippen LogP contribution >= 0.6 is 0 Å². The number of nitrogens with two attached hydrogens (primary N) is 1. The molecule has 0 aliphatic rings. The smallest absolute Gasteiger partial charge is 0.268 e. The summed E-state index contributed by atoms with van der Waals surface area (Å²) < 4.78 is 22.6. The van der Waals surface area contributed by atoms with E-state index in [-0.39, 0.29) is 0 Å². The van der Waals surface area contributed by atoms with Gasteiger partial charge in [0.1, 0.15) is 0 Å². The van der Waals surface area contributed by atoms with Gasteiger partial charge in [0.25, 0.3) is 6.43 Å². The number of alkyl halides is 2. The number of hydrogen-bond donors (Lipinski definition) is 1. The maximum Gasteiger partial charge on any atom is 0.268 e. The molecule has 0 rings (SSSR count). The Kier molecular flexibility index (Phi) is 2.12. The highest BCUT2D eigenvalue weighted by Gasteiger charge is 2.12. The molecule has 0 bridgehead atoms. The molecular weight excluding hydrogens is 116 g/mol. The summed E-state index contributed by atoms with van der Waals surface area (Å²) in [6, 6.07) is 0. The third-order valence-electron chi connectivity index (χ3n) is 0.580. The van der Waals surface area contributed by atoms with Gasteiger partial charge in [-0.05, 0) is 0 Å². The van der Waals surface area contributed by atoms with Gasteiger partial charge in [-0.3, -0.25) is 4.79 Å². The average Bonchev–Trinajstić information content (AvgIpc) is 1.64. The van der Waals surface area contributed by atoms with E-state index in [1.165, 1.54) is 0 Å². The minimum Gasteiger partial charge on any atom is -0.366 e. The molecule has 0 aromatic carbocycles. The number of amides is 1. The first-order valence-corrected chi connectivity index (χ1v) is 1.82. The van der Waals surface area contributed by atoms with E-state index in [1.54, 1.807) is 0 Å². The van der Waals surface area contributed by atoms with Crippen LogP contribution in [0.4, 0.5) is 8.78 Å². The monoisotopic (exact) mass is 121 g/mol. The van der Waals surface area contributed by atoms with Crippen molar-refractivity contribution in [1.82, 2.24) is 0 Å². The van der Waals surface area contributed by atoms with Crippen LogP contribution in [0.25, 0.3) is 0 Å². The van der Waals surface area contributed by atoms with E-state index >= 15 is 0 Å². The zero-order valence-corrected chi connectivity index (χ0v) is 4.03. The molecule has 0 aromatic rings. The molecule has 0 saturated heterocycles. The van der Waals surface area contributed by atoms with Crippen LogP contribution < -0.4 is 5.73 Å². The molecule has 0 aliphatic carbocycles. The molecule has 0 spiro atoms. The van der Waals surface area contributed by atoms with Gasteiger partial charge in [0, 0.05) is 0 Å². The Balaban J connectivity index is 3.84. The van der Waals surface area contributed by atoms with E-state index in [1.807, 2.05) is 0 Å². The topological polar surface area (TPSA) is 43.1 Å². The van der Waals surface area contributed by atoms with Gasteiger partial charge < -0.3 is 5.73 Å². The van der Waals surface area contributed by atoms with Gasteiger partial charge >= 0.3 is 0 Å². The normalized spacial score (nSPS) is 9.38. The standard InChI is InChI=1S/C4H5F2NO/c1-2(3(5)6)4(7)8/h3H,1H2,(H2,7,8). The van der Waals surface area contributed by atoms with Crippen molar-refractivity contribution < 1.29 is 13.6 Å². The van der Waals surface area contributed by atoms with Crippen LogP contribution in [0.3, 0.4) is 0 Å². The molecule has 4 heteroatoms. The first-order chi connectivity index (χ1) is 3.55. The fraction of sp³-hybridized carbons (Fsp3) is 0.250. The Labute approximate surface area is 45.0 Å². The summed E-state index contributed by atoms with van der Waals surface area (Å²) in [5.74, 6) is -1.15. The van der Waals surface area contributed by atoms with Gasteiger partial charge in [-0.25, -0.2) is 8.78 Å². The highest BCUT2D eigenvalue weighted by molar-refractivity contribution is 5.91. The Morgan fingerprint density at radius 1 is 1.62 bits per heavy atom. The van der Waals surface area contributed by atoms with Gasteiger partial charge in [0.2, 0.25) is 5.91 Å². The molecule has 0 aliphatic heterocycles. The van der Waals surface area contributed by atoms with Gasteiger partial charge in [0.05, 0.1) is 5.57 Å². The van der Waals surface area contributed by atoms with Crippen LogP contribution in [-0.4, -0.2) is 12.3 Å². The summed E-state index contributed by atoms with van der Waals surface area (Å²) in [4.78, 5) is 9.78. The lowest BCUT2D eigenvalue weighted by Crippen LogP contribution is -2.17. The largest absolute Gasteiger partial charge is 0.366 e. The van der Waals surface area contributed by atoms with Crippen LogP contribution in [0.1, 0.15) is 0 Å². The summed E-state index contributed by atoms with van der Waals surface area (Å²) >= 11 is 0. The fourth-order valence-electron chi connectivity index (χ4n) is 0.108. The predicted molar refractivity (Wildman–Crippen MR) is 24.3 cm³/mol. The van der Waals surface area contributed by atoms with E-state index < -0.39 is 17.9 Å². The van der Waals surface area contributed by atoms with Gasteiger partial charge in [-0.1, -0.05) is 6.58 Å². The number of rotatable bonds is 2. The van der Waals surface area contributed by atoms with E-state index in [2.05, 4.69) is 12.3 Å². The molecule has 0 saturated carbocycles. The van der Waals surface area contributed by atoms with Gasteiger partial charge in [-0.2, -0.15) is 0 Å². The summed E-state index contributed by atoms with van der Waals surface area (Å²) in [7, 11) is 0. The average molecular weight is 121 g/mol. The lowest BCUT2D eigenvalue weighted by atomic mass is 10.3. The molecule has 0 unspecified atom stereocenters. The first kappa shape index (κ1) is 7.07. The van der Waals surface area contributed by atoms with E-state index in [4.69, 9.17) is 0 Å². The second-order valence-corrected chi connectivity index (χ2v) is 1.19. The first-order valence-electron chi connectivity index (χ1n) is 1.82. The van der Waals surface area contributed by atoms with Crippen LogP contribution in [0.15, 0.2) is 12.2 Å². The molecule has 0 heterocycles. The summed E-state index contributed by atoms with van der Waals surface area (Å²) in [6.45, 7) is 2.73. The van der Waals surface area contributed by atoms with Gasteiger partial charge in [-0.15, -0.1) is 0 Å². The number of hydrogen-bond acceptors (Lipinski definition) is 1. The van der Waals surface area contributed by atoms with Crippen LogP contribution in [0.2, 0.25) is 0 Å². The van der Waals surface area contributed by atoms with Crippen molar-refractivity contribution in [1.29, 1.82) is 0 Å². The van der Waals surface area contributed by atoms with Crippen molar-refractivity contribution in [3.63, 3.8) is 0 Å². The van der Waals surface area contributed by atoms with E-state index in [0.717, 1.165) is 0 Å². The number of carbonyl (C=O) groups excluding carboxylic acids is 1. The second kappa shape index (κ2) is 2.40. The molecule has 0 atom stereocenters. The molecule has 2 N–H and O–H groups in total. The van der Waals surface area contributed by atoms with Gasteiger partial charge in [0.15, 0.2) is 0 Å². The summed E-state index contributed by atoms with van der Waals surface area (Å²) in [5.41, 5.74) is 3.58. The summed E-state index contributed by atoms with van der Waals surface area (Å²) in [5, 5.41) is 0. The lowest BCUT2D eigenvalue weighted by molar-refractivity contribution is -0.115. The third kappa shape index (κ3) is 1.68. The van der Waals surface area contributed by atoms with Crippen molar-refractivity contribution >= 4 is 5.91 Å². The minimum atomic E-state index is -2.83. The molecule has 0 fully saturated rings. The maximum absolute atomic E-state index is 11.3. The van der Waals surface area contributed by atoms with Crippen molar-refractivity contribution in [2.75, 3.05) is 0 Å². The minimum absolute atomic E-state index is 0.843. The Hall–Kier alpha value is -0.930. The SMILES string of the molecule is C=C(C(N)=O)C(F)F. The number of primary amides is 1. The Morgan fingerprint density at radius 3 is 2.00 bits per heavy atom. The quantitative estimate of drug-likeness (QED) is 0.524. The molecular formula is C4H5F2NO. The number of halogens is 2. The van der Waals surface area contributed by atoms with Crippen LogP contribution in [0, 0.1) is 0 Å². The maximum atomic E-state index is 11.3. The van der Waals surface area contributed by atoms with Crippen molar-refractivity contribution in [2.45, 2.75) is 6.43 Å². The zero-order chi connectivity index (χ0) is 6.73. The van der Waals surface area contributed by atoms with Crippen molar-refractivity contribution in [3.05, 3.63) is 12.2 Å². The fourth-order valence-corrected chi connectivity index (χ4v) is 0.108. The summed E-state index contributed by atoms with van der Waals surface area (Å²) in [6.07, 6.45) is -2.83. The zero-order valence-electron chi connectivity index (χ0n) is 4.03. The highest BCUT2D eigenvalue weighted by Crippen LogP contribution is 2.02. The molecule has 2 nitrogen and oxygen atoms in total. The van der Waals surface area contributed by atoms with Crippen molar-refractivity contribution in [3.8, 4) is 0 Å². The second-order valence-electron chi connectivity index (χ2n) is 1.19. The molecule has 0 radical (unpaired) electrons. The Bertz CT molecular complexity index is 121. The highest BCUT2D eigenvalue weighted by atomic mass is 19.3.